The lowest BCUT2D eigenvalue weighted by Gasteiger charge is -2.43. The van der Waals surface area contributed by atoms with E-state index in [0.29, 0.717) is 33.8 Å². The van der Waals surface area contributed by atoms with Gasteiger partial charge in [-0.25, -0.2) is 18.8 Å². The third-order valence-corrected chi connectivity index (χ3v) is 20.4. The van der Waals surface area contributed by atoms with E-state index in [4.69, 9.17) is 28.4 Å². The summed E-state index contributed by atoms with van der Waals surface area (Å²) in [5, 5.41) is 18.2. The molecule has 4 N–H and O–H groups in total. The zero-order valence-corrected chi connectivity index (χ0v) is 51.3. The van der Waals surface area contributed by atoms with E-state index < -0.39 is 114 Å². The number of carbonyl (C=O) groups excluding carboxylic acids is 3. The molecule has 0 spiro atoms. The fourth-order valence-electron chi connectivity index (χ4n) is 11.7. The van der Waals surface area contributed by atoms with Gasteiger partial charge in [0.05, 0.1) is 51.5 Å². The zero-order chi connectivity index (χ0) is 63.0. The third kappa shape index (κ3) is 13.1. The fraction of sp³-hybridized carbons (Fsp3) is 0.413. The van der Waals surface area contributed by atoms with Crippen molar-refractivity contribution in [3.63, 3.8) is 0 Å². The van der Waals surface area contributed by atoms with E-state index in [-0.39, 0.29) is 49.0 Å². The number of hydrogen-bond donors (Lipinski definition) is 4. The van der Waals surface area contributed by atoms with E-state index in [9.17, 15) is 29.2 Å². The Hall–Kier alpha value is -8.43. The number of carbonyl (C=O) groups is 3. The highest BCUT2D eigenvalue weighted by Crippen LogP contribution is 2.61. The average Bonchev–Trinajstić information content (AvgIpc) is 1.46. The maximum Gasteiger partial charge on any atom is 0.351 e. The first-order valence-corrected chi connectivity index (χ1v) is 30.8. The molecule has 4 aromatic carbocycles. The van der Waals surface area contributed by atoms with Crippen LogP contribution >= 0.6 is 7.29 Å². The van der Waals surface area contributed by atoms with Crippen molar-refractivity contribution in [2.24, 2.45) is 11.8 Å². The highest BCUT2D eigenvalue weighted by atomic mass is 31.2. The highest BCUT2D eigenvalue weighted by Gasteiger charge is 2.55. The van der Waals surface area contributed by atoms with Crippen LogP contribution in [0.2, 0.25) is 0 Å². The van der Waals surface area contributed by atoms with Crippen LogP contribution in [0.3, 0.4) is 0 Å². The summed E-state index contributed by atoms with van der Waals surface area (Å²) in [6.07, 6.45) is -6.16. The van der Waals surface area contributed by atoms with E-state index in [2.05, 4.69) is 42.0 Å². The maximum atomic E-state index is 17.9. The Morgan fingerprint density at radius 2 is 1.40 bits per heavy atom. The first-order valence-electron chi connectivity index (χ1n) is 29.0. The quantitative estimate of drug-likeness (QED) is 0.0310. The van der Waals surface area contributed by atoms with E-state index in [1.54, 1.807) is 87.3 Å². The molecule has 7 aromatic rings. The van der Waals surface area contributed by atoms with Crippen LogP contribution in [-0.2, 0) is 38.7 Å². The number of hydrogen-bond acceptors (Lipinski definition) is 16. The molecule has 5 heterocycles. The van der Waals surface area contributed by atoms with Gasteiger partial charge in [0.1, 0.15) is 29.0 Å². The number of rotatable bonds is 25. The summed E-state index contributed by atoms with van der Waals surface area (Å²) in [6.45, 7) is 10.1. The van der Waals surface area contributed by atoms with Crippen molar-refractivity contribution in [3.05, 3.63) is 171 Å². The summed E-state index contributed by atoms with van der Waals surface area (Å²) in [7, 11) is 1.09. The van der Waals surface area contributed by atoms with Gasteiger partial charge in [0.2, 0.25) is 17.8 Å². The number of anilines is 2. The van der Waals surface area contributed by atoms with Crippen molar-refractivity contribution in [3.8, 4) is 17.6 Å². The molecule has 0 aliphatic carbocycles. The van der Waals surface area contributed by atoms with Crippen LogP contribution in [0, 0.1) is 23.2 Å². The number of alkyl halides is 1. The summed E-state index contributed by atoms with van der Waals surface area (Å²) >= 11 is 0. The number of nitrogens with zero attached hydrogens (tertiary/aromatic N) is 7. The summed E-state index contributed by atoms with van der Waals surface area (Å²) < 4.78 is 75.8. The van der Waals surface area contributed by atoms with Gasteiger partial charge < -0.3 is 43.6 Å². The predicted molar refractivity (Wildman–Crippen MR) is 326 cm³/mol. The minimum atomic E-state index is -3.46. The molecule has 464 valence electrons. The molecule has 8 atom stereocenters. The van der Waals surface area contributed by atoms with Crippen molar-refractivity contribution in [1.29, 1.82) is 5.26 Å². The van der Waals surface area contributed by atoms with Gasteiger partial charge in [0, 0.05) is 68.0 Å². The number of aromatic nitrogens is 6. The maximum absolute atomic E-state index is 17.9. The third-order valence-electron chi connectivity index (χ3n) is 16.1. The number of imidazole rings is 1. The zero-order valence-electron chi connectivity index (χ0n) is 50.4. The highest BCUT2D eigenvalue weighted by molar-refractivity contribution is 7.62. The molecule has 23 nitrogen and oxygen atoms in total. The summed E-state index contributed by atoms with van der Waals surface area (Å²) in [5.41, 5.74) is -1.63. The molecule has 0 unspecified atom stereocenters. The number of nitriles is 1. The van der Waals surface area contributed by atoms with Crippen LogP contribution in [-0.4, -0.2) is 134 Å². The van der Waals surface area contributed by atoms with E-state index >= 15 is 8.96 Å². The number of methoxy groups -OCH3 is 3. The Morgan fingerprint density at radius 1 is 0.795 bits per heavy atom. The van der Waals surface area contributed by atoms with Crippen LogP contribution in [0.5, 0.6) is 11.5 Å². The largest absolute Gasteiger partial charge is 0.497 e. The van der Waals surface area contributed by atoms with Gasteiger partial charge in [-0.15, -0.1) is 0 Å². The van der Waals surface area contributed by atoms with Crippen LogP contribution in [0.25, 0.3) is 11.2 Å². The van der Waals surface area contributed by atoms with Crippen molar-refractivity contribution in [1.82, 2.24) is 39.1 Å². The molecule has 88 heavy (non-hydrogen) atoms. The Kier molecular flexibility index (Phi) is 20.2. The SMILES string of the molecule is COc1ccc(C(OC[C@H]2O[C@@H](n3ccc(NC(=O)c4ccccc4)nc3=O)[C@H](F)[C@@H]2CC(=O)NC[C@H]2O[C@@H](n3cnc4c(=O)[nH]c(NC(=O)C(C)C)nc43)[C@H](OC)[C@@H]2N(CCC#N)P(=O)(C(C)C)C(C)C)(c2ccccc2)c2ccc(OC)cc2)cc1. The summed E-state index contributed by atoms with van der Waals surface area (Å²) in [6, 6.07) is 34.9. The number of nitrogens with one attached hydrogen (secondary N) is 4. The molecule has 2 saturated heterocycles. The Balaban J connectivity index is 1.08. The number of benzene rings is 4. The Labute approximate surface area is 508 Å². The average molecular weight is 1230 g/mol. The molecule has 25 heteroatoms. The minimum Gasteiger partial charge on any atom is -0.497 e. The molecule has 2 aliphatic rings. The number of ether oxygens (including phenoxy) is 6. The number of halogens is 1. The van der Waals surface area contributed by atoms with Crippen molar-refractivity contribution in [2.45, 2.75) is 114 Å². The van der Waals surface area contributed by atoms with Gasteiger partial charge in [0.25, 0.3) is 11.5 Å². The smallest absolute Gasteiger partial charge is 0.351 e. The van der Waals surface area contributed by atoms with Crippen molar-refractivity contribution < 1.29 is 51.8 Å². The lowest BCUT2D eigenvalue weighted by Crippen LogP contribution is -2.52. The molecule has 0 saturated carbocycles. The van der Waals surface area contributed by atoms with Gasteiger partial charge in [-0.05, 0) is 59.2 Å². The molecule has 3 aromatic heterocycles. The summed E-state index contributed by atoms with van der Waals surface area (Å²) in [4.78, 5) is 83.8. The van der Waals surface area contributed by atoms with Gasteiger partial charge in [0.15, 0.2) is 37.1 Å². The number of H-pyrrole nitrogens is 1. The molecule has 0 radical (unpaired) electrons. The van der Waals surface area contributed by atoms with Crippen LogP contribution in [0.4, 0.5) is 16.2 Å². The molecule has 9 rings (SSSR count). The second-order valence-electron chi connectivity index (χ2n) is 22.4. The van der Waals surface area contributed by atoms with E-state index in [0.717, 1.165) is 4.57 Å². The fourth-order valence-corrected chi connectivity index (χ4v) is 15.1. The molecule has 2 fully saturated rings. The minimum absolute atomic E-state index is 0.0152. The lowest BCUT2D eigenvalue weighted by molar-refractivity contribution is -0.125. The van der Waals surface area contributed by atoms with E-state index in [1.807, 2.05) is 82.3 Å². The Morgan fingerprint density at radius 3 is 1.97 bits per heavy atom. The first kappa shape index (κ1) is 64.1. The molecule has 2 aliphatic heterocycles. The van der Waals surface area contributed by atoms with Crippen LogP contribution < -0.4 is 36.7 Å². The lowest BCUT2D eigenvalue weighted by atomic mass is 9.80. The molecular formula is C63H73FN11O12P. The Bertz CT molecular complexity index is 3730. The molecule has 3 amide bonds. The normalized spacial score (nSPS) is 20.4. The second kappa shape index (κ2) is 27.7. The van der Waals surface area contributed by atoms with Gasteiger partial charge >= 0.3 is 5.69 Å². The van der Waals surface area contributed by atoms with Crippen molar-refractivity contribution in [2.75, 3.05) is 51.7 Å². The van der Waals surface area contributed by atoms with Gasteiger partial charge in [-0.1, -0.05) is 114 Å². The van der Waals surface area contributed by atoms with Gasteiger partial charge in [-0.3, -0.25) is 38.6 Å². The second-order valence-corrected chi connectivity index (χ2v) is 26.3. The number of fused-ring (bicyclic) bond motifs is 1. The standard InChI is InChI=1S/C63H73FN11O12P/c1-37(2)56(77)71-61-70-55-52(58(79)72-61)67-36-74(55)60-54(84-9)53(75(31-16-30-65)88(81,38(3)4)39(5)6)47(86-60)34-66-50(76)33-46-48(87-59(51(46)64)73-32-29-49(69-62(73)80)68-57(78)40-17-12-10-13-18-40)35-85-63(41-19-14-11-15-20-41,42-21-25-44(82-7)26-22-42)43-23-27-45(83-8)28-24-43/h10-15,17-29,32,36-39,46-48,51,53-54,59-60H,16,31,33-35H2,1-9H3,(H,66,76)(H,68,69,78,80)(H2,70,71,72,77,79)/t46-,47-,48-,51-,53-,54-,59-,60-/m1/s1. The van der Waals surface area contributed by atoms with Gasteiger partial charge in [-0.2, -0.15) is 15.2 Å². The number of aromatic amines is 1. The monoisotopic (exact) mass is 1230 g/mol. The van der Waals surface area contributed by atoms with E-state index in [1.165, 1.54) is 30.3 Å². The van der Waals surface area contributed by atoms with Crippen LogP contribution in [0.15, 0.2) is 137 Å². The topological polar surface area (TPSA) is 285 Å². The summed E-state index contributed by atoms with van der Waals surface area (Å²) in [5.74, 6) is -2.44. The van der Waals surface area contributed by atoms with Crippen molar-refractivity contribution >= 4 is 47.9 Å². The number of amides is 3. The molecule has 0 bridgehead atoms. The molecular weight excluding hydrogens is 1150 g/mol. The predicted octanol–water partition coefficient (Wildman–Crippen LogP) is 8.20. The first-order chi connectivity index (χ1) is 42.3. The van der Waals surface area contributed by atoms with Crippen LogP contribution in [0.1, 0.15) is 93.9 Å².